The molecule has 1 amide bonds. The molecule has 0 fully saturated rings. The van der Waals surface area contributed by atoms with Crippen molar-refractivity contribution in [1.82, 2.24) is 14.8 Å². The van der Waals surface area contributed by atoms with Crippen LogP contribution in [-0.2, 0) is 22.6 Å². The molecule has 2 aromatic heterocycles. The monoisotopic (exact) mass is 613 g/mol. The van der Waals surface area contributed by atoms with Crippen LogP contribution in [0.4, 0.5) is 0 Å². The van der Waals surface area contributed by atoms with Crippen LogP contribution in [-0.4, -0.2) is 63.8 Å². The zero-order chi connectivity index (χ0) is 30.9. The van der Waals surface area contributed by atoms with Crippen molar-refractivity contribution in [3.8, 4) is 11.5 Å². The molecular formula is C35H39N3O5S. The number of fused-ring (bicyclic) bond motifs is 1. The second-order valence-corrected chi connectivity index (χ2v) is 11.7. The van der Waals surface area contributed by atoms with Crippen molar-refractivity contribution in [2.45, 2.75) is 19.0 Å². The zero-order valence-electron chi connectivity index (χ0n) is 25.6. The number of aromatic nitrogens is 1. The summed E-state index contributed by atoms with van der Waals surface area (Å²) in [4.78, 5) is 17.5. The highest BCUT2D eigenvalue weighted by molar-refractivity contribution is 7.09. The first-order valence-corrected chi connectivity index (χ1v) is 15.4. The summed E-state index contributed by atoms with van der Waals surface area (Å²) in [6, 6.07) is 28.3. The minimum Gasteiger partial charge on any atom is -0.468 e. The van der Waals surface area contributed by atoms with Crippen LogP contribution >= 0.6 is 11.3 Å². The summed E-state index contributed by atoms with van der Waals surface area (Å²) in [6.45, 7) is 2.24. The molecule has 8 nitrogen and oxygen atoms in total. The van der Waals surface area contributed by atoms with E-state index in [1.54, 1.807) is 25.6 Å². The van der Waals surface area contributed by atoms with Gasteiger partial charge in [-0.25, -0.2) is 0 Å². The van der Waals surface area contributed by atoms with Crippen LogP contribution in [0.2, 0.25) is 0 Å². The van der Waals surface area contributed by atoms with Gasteiger partial charge in [-0.15, -0.1) is 11.3 Å². The van der Waals surface area contributed by atoms with Crippen molar-refractivity contribution in [3.63, 3.8) is 0 Å². The lowest BCUT2D eigenvalue weighted by atomic mass is 9.83. The van der Waals surface area contributed by atoms with Crippen molar-refractivity contribution in [1.29, 1.82) is 0 Å². The summed E-state index contributed by atoms with van der Waals surface area (Å²) >= 11 is 1.63. The summed E-state index contributed by atoms with van der Waals surface area (Å²) in [7, 11) is 7.29. The van der Waals surface area contributed by atoms with E-state index >= 15 is 0 Å². The van der Waals surface area contributed by atoms with E-state index in [4.69, 9.17) is 18.9 Å². The molecule has 3 aromatic carbocycles. The van der Waals surface area contributed by atoms with Crippen LogP contribution in [0.25, 0.3) is 10.9 Å². The number of carbonyl (C=O) groups excluding carboxylic acids is 1. The molecule has 9 heteroatoms. The van der Waals surface area contributed by atoms with Gasteiger partial charge in [0.05, 0.1) is 6.54 Å². The molecule has 0 aliphatic carbocycles. The van der Waals surface area contributed by atoms with Gasteiger partial charge in [0.1, 0.15) is 17.2 Å². The molecule has 230 valence electrons. The number of amides is 1. The fourth-order valence-corrected chi connectivity index (χ4v) is 6.00. The Morgan fingerprint density at radius 3 is 2.00 bits per heavy atom. The molecule has 0 unspecified atom stereocenters. The number of methoxy groups -OCH3 is 2. The highest BCUT2D eigenvalue weighted by atomic mass is 32.1. The molecule has 0 spiro atoms. The molecule has 5 aromatic rings. The molecule has 0 aliphatic rings. The van der Waals surface area contributed by atoms with Crippen molar-refractivity contribution < 1.29 is 23.7 Å². The van der Waals surface area contributed by atoms with Crippen molar-refractivity contribution >= 4 is 28.1 Å². The number of thiophene rings is 1. The molecule has 0 radical (unpaired) electrons. The average Bonchev–Trinajstić information content (AvgIpc) is 3.68. The van der Waals surface area contributed by atoms with Gasteiger partial charge in [0.15, 0.2) is 13.6 Å². The predicted octanol–water partition coefficient (Wildman–Crippen LogP) is 6.34. The SMILES string of the molecule is COCOc1ccc(C(c2ccc(OCOC)cc2)c2c(C(=O)NCc3cccs3)n(CCN(C)C)c3ccccc23)cc1. The van der Waals surface area contributed by atoms with Gasteiger partial charge in [0.2, 0.25) is 0 Å². The van der Waals surface area contributed by atoms with E-state index in [1.807, 2.05) is 68.0 Å². The number of hydrogen-bond acceptors (Lipinski definition) is 7. The quantitative estimate of drug-likeness (QED) is 0.139. The fraction of sp³-hybridized carbons (Fsp3) is 0.286. The Morgan fingerprint density at radius 1 is 0.841 bits per heavy atom. The highest BCUT2D eigenvalue weighted by Crippen LogP contribution is 2.41. The number of carbonyl (C=O) groups is 1. The number of likely N-dealkylation sites (N-methyl/N-ethyl adjacent to an activating group) is 1. The van der Waals surface area contributed by atoms with Gasteiger partial charge >= 0.3 is 0 Å². The number of hydrogen-bond donors (Lipinski definition) is 1. The van der Waals surface area contributed by atoms with E-state index in [9.17, 15) is 4.79 Å². The largest absolute Gasteiger partial charge is 0.468 e. The number of nitrogens with zero attached hydrogens (tertiary/aromatic N) is 2. The molecule has 0 atom stereocenters. The minimum absolute atomic E-state index is 0.103. The predicted molar refractivity (Wildman–Crippen MR) is 175 cm³/mol. The van der Waals surface area contributed by atoms with Crippen LogP contribution in [0, 0.1) is 0 Å². The third-order valence-corrected chi connectivity index (χ3v) is 8.28. The summed E-state index contributed by atoms with van der Waals surface area (Å²) in [5.41, 5.74) is 4.70. The maximum Gasteiger partial charge on any atom is 0.268 e. The van der Waals surface area contributed by atoms with Crippen LogP contribution in [0.15, 0.2) is 90.3 Å². The highest BCUT2D eigenvalue weighted by Gasteiger charge is 2.30. The van der Waals surface area contributed by atoms with Crippen LogP contribution in [0.5, 0.6) is 11.5 Å². The topological polar surface area (TPSA) is 74.2 Å². The van der Waals surface area contributed by atoms with E-state index in [0.29, 0.717) is 30.3 Å². The van der Waals surface area contributed by atoms with E-state index < -0.39 is 0 Å². The van der Waals surface area contributed by atoms with Crippen molar-refractivity contribution in [2.24, 2.45) is 0 Å². The molecule has 2 heterocycles. The molecular weight excluding hydrogens is 574 g/mol. The molecule has 5 rings (SSSR count). The van der Waals surface area contributed by atoms with Gasteiger partial charge in [-0.3, -0.25) is 4.79 Å². The van der Waals surface area contributed by atoms with E-state index in [0.717, 1.165) is 39.0 Å². The first kappa shape index (κ1) is 31.3. The Morgan fingerprint density at radius 2 is 1.45 bits per heavy atom. The second kappa shape index (κ2) is 15.0. The fourth-order valence-electron chi connectivity index (χ4n) is 5.36. The Hall–Kier alpha value is -4.15. The van der Waals surface area contributed by atoms with Crippen molar-refractivity contribution in [2.75, 3.05) is 48.4 Å². The van der Waals surface area contributed by atoms with Crippen molar-refractivity contribution in [3.05, 3.63) is 118 Å². The standard InChI is InChI=1S/C35H39N3O5S/c1-37(2)19-20-38-31-10-6-5-9-30(31)33(34(38)35(39)36-22-29-8-7-21-44-29)32(25-11-15-27(16-12-25)42-23-40-3)26-13-17-28(18-14-26)43-24-41-4/h5-18,21,32H,19-20,22-24H2,1-4H3,(H,36,39). The maximum absolute atomic E-state index is 14.3. The molecule has 0 aliphatic heterocycles. The second-order valence-electron chi connectivity index (χ2n) is 10.7. The molecule has 0 saturated heterocycles. The maximum atomic E-state index is 14.3. The van der Waals surface area contributed by atoms with E-state index in [1.165, 1.54) is 0 Å². The average molecular weight is 614 g/mol. The summed E-state index contributed by atoms with van der Waals surface area (Å²) in [5, 5.41) is 6.29. The lowest BCUT2D eigenvalue weighted by molar-refractivity contribution is 0.0509. The summed E-state index contributed by atoms with van der Waals surface area (Å²) in [6.07, 6.45) is 0. The zero-order valence-corrected chi connectivity index (χ0v) is 26.4. The van der Waals surface area contributed by atoms with Gasteiger partial charge in [-0.1, -0.05) is 48.5 Å². The van der Waals surface area contributed by atoms with Gasteiger partial charge in [0.25, 0.3) is 5.91 Å². The molecule has 0 saturated carbocycles. The third-order valence-electron chi connectivity index (χ3n) is 7.40. The smallest absolute Gasteiger partial charge is 0.268 e. The normalized spacial score (nSPS) is 11.4. The number of benzene rings is 3. The van der Waals surface area contributed by atoms with Gasteiger partial charge in [-0.2, -0.15) is 0 Å². The molecule has 44 heavy (non-hydrogen) atoms. The van der Waals surface area contributed by atoms with E-state index in [2.05, 4.69) is 51.2 Å². The number of para-hydroxylation sites is 1. The summed E-state index contributed by atoms with van der Waals surface area (Å²) < 4.78 is 23.7. The summed E-state index contributed by atoms with van der Waals surface area (Å²) in [5.74, 6) is 1.06. The van der Waals surface area contributed by atoms with Gasteiger partial charge in [0, 0.05) is 54.6 Å². The van der Waals surface area contributed by atoms with Crippen LogP contribution < -0.4 is 14.8 Å². The first-order valence-electron chi connectivity index (χ1n) is 14.5. The Bertz CT molecular complexity index is 1580. The Kier molecular flexibility index (Phi) is 10.7. The third kappa shape index (κ3) is 7.31. The van der Waals surface area contributed by atoms with Gasteiger partial charge < -0.3 is 33.7 Å². The number of nitrogens with one attached hydrogen (secondary N) is 1. The van der Waals surface area contributed by atoms with E-state index in [-0.39, 0.29) is 25.4 Å². The lowest BCUT2D eigenvalue weighted by Gasteiger charge is -2.22. The molecule has 1 N–H and O–H groups in total. The lowest BCUT2D eigenvalue weighted by Crippen LogP contribution is -2.28. The van der Waals surface area contributed by atoms with Gasteiger partial charge in [-0.05, 0) is 67.0 Å². The van der Waals surface area contributed by atoms with Crippen LogP contribution in [0.1, 0.15) is 38.0 Å². The Balaban J connectivity index is 1.69. The number of rotatable bonds is 15. The van der Waals surface area contributed by atoms with Crippen LogP contribution in [0.3, 0.4) is 0 Å². The Labute approximate surface area is 262 Å². The first-order chi connectivity index (χ1) is 21.5. The molecule has 0 bridgehead atoms. The number of ether oxygens (including phenoxy) is 4. The minimum atomic E-state index is -0.254.